The summed E-state index contributed by atoms with van der Waals surface area (Å²) in [5, 5.41) is 3.02. The van der Waals surface area contributed by atoms with Crippen LogP contribution in [0.25, 0.3) is 0 Å². The van der Waals surface area contributed by atoms with Gasteiger partial charge in [-0.2, -0.15) is 0 Å². The molecule has 150 valence electrons. The lowest BCUT2D eigenvalue weighted by Gasteiger charge is -2.37. The number of aromatic nitrogens is 1. The first kappa shape index (κ1) is 20.1. The molecule has 1 aliphatic rings. The van der Waals surface area contributed by atoms with E-state index in [0.717, 1.165) is 55.8 Å². The predicted octanol–water partition coefficient (Wildman–Crippen LogP) is 3.57. The molecule has 1 fully saturated rings. The third-order valence-corrected chi connectivity index (χ3v) is 5.35. The van der Waals surface area contributed by atoms with E-state index in [9.17, 15) is 4.79 Å². The number of methoxy groups -OCH3 is 1. The van der Waals surface area contributed by atoms with E-state index in [0.29, 0.717) is 11.8 Å². The Hall–Kier alpha value is -2.60. The van der Waals surface area contributed by atoms with Gasteiger partial charge in [0.05, 0.1) is 12.8 Å². The van der Waals surface area contributed by atoms with Crippen molar-refractivity contribution >= 4 is 11.7 Å². The number of nitrogens with one attached hydrogen (secondary N) is 1. The van der Waals surface area contributed by atoms with Gasteiger partial charge in [-0.05, 0) is 56.6 Å². The van der Waals surface area contributed by atoms with Gasteiger partial charge in [0, 0.05) is 44.0 Å². The second kappa shape index (κ2) is 9.55. The molecule has 3 rings (SSSR count). The first-order valence-corrected chi connectivity index (χ1v) is 9.87. The molecule has 6 heteroatoms. The summed E-state index contributed by atoms with van der Waals surface area (Å²) in [7, 11) is 3.76. The van der Waals surface area contributed by atoms with Gasteiger partial charge in [-0.15, -0.1) is 0 Å². The Morgan fingerprint density at radius 2 is 2.21 bits per heavy atom. The van der Waals surface area contributed by atoms with Crippen molar-refractivity contribution in [2.24, 2.45) is 0 Å². The van der Waals surface area contributed by atoms with Gasteiger partial charge in [-0.3, -0.25) is 4.98 Å². The summed E-state index contributed by atoms with van der Waals surface area (Å²) in [6.07, 6.45) is 4.87. The number of carbonyl (C=O) groups is 1. The summed E-state index contributed by atoms with van der Waals surface area (Å²) in [5.41, 5.74) is 2.91. The van der Waals surface area contributed by atoms with Crippen LogP contribution in [0.4, 0.5) is 10.5 Å². The van der Waals surface area contributed by atoms with Crippen LogP contribution in [0.15, 0.2) is 42.6 Å². The molecule has 2 heterocycles. The van der Waals surface area contributed by atoms with Crippen LogP contribution in [0.3, 0.4) is 0 Å². The number of benzene rings is 1. The minimum absolute atomic E-state index is 0.0632. The number of piperidine rings is 1. The average Bonchev–Trinajstić information content (AvgIpc) is 2.73. The second-order valence-electron chi connectivity index (χ2n) is 7.43. The fraction of sp³-hybridized carbons (Fsp3) is 0.455. The van der Waals surface area contributed by atoms with Crippen LogP contribution < -0.4 is 10.1 Å². The van der Waals surface area contributed by atoms with Crippen molar-refractivity contribution in [1.29, 1.82) is 0 Å². The molecular weight excluding hydrogens is 352 g/mol. The molecule has 6 nitrogen and oxygen atoms in total. The fourth-order valence-electron chi connectivity index (χ4n) is 3.63. The highest BCUT2D eigenvalue weighted by atomic mass is 16.5. The number of aryl methyl sites for hydroxylation is 1. The molecule has 0 bridgehead atoms. The smallest absolute Gasteiger partial charge is 0.322 e. The number of ether oxygens (including phenoxy) is 1. The van der Waals surface area contributed by atoms with E-state index in [1.807, 2.05) is 48.4 Å². The zero-order valence-corrected chi connectivity index (χ0v) is 17.0. The van der Waals surface area contributed by atoms with E-state index >= 15 is 0 Å². The molecule has 2 aromatic rings. The van der Waals surface area contributed by atoms with Gasteiger partial charge < -0.3 is 19.9 Å². The number of hydrogen-bond acceptors (Lipinski definition) is 4. The highest BCUT2D eigenvalue weighted by Gasteiger charge is 2.26. The van der Waals surface area contributed by atoms with Crippen molar-refractivity contribution in [1.82, 2.24) is 14.8 Å². The molecule has 0 aliphatic carbocycles. The van der Waals surface area contributed by atoms with E-state index in [1.54, 1.807) is 7.11 Å². The molecular formula is C22H30N4O2. The minimum Gasteiger partial charge on any atom is -0.495 e. The Bertz CT molecular complexity index is 781. The van der Waals surface area contributed by atoms with Gasteiger partial charge in [-0.25, -0.2) is 4.79 Å². The van der Waals surface area contributed by atoms with Crippen molar-refractivity contribution < 1.29 is 9.53 Å². The Balaban J connectivity index is 1.56. The highest BCUT2D eigenvalue weighted by molar-refractivity contribution is 5.91. The van der Waals surface area contributed by atoms with Crippen LogP contribution in [-0.2, 0) is 6.42 Å². The summed E-state index contributed by atoms with van der Waals surface area (Å²) in [5.74, 6) is 0.681. The molecule has 0 radical (unpaired) electrons. The monoisotopic (exact) mass is 382 g/mol. The molecule has 0 saturated carbocycles. The number of anilines is 1. The molecule has 1 aromatic heterocycles. The van der Waals surface area contributed by atoms with Gasteiger partial charge in [0.15, 0.2) is 0 Å². The largest absolute Gasteiger partial charge is 0.495 e. The third kappa shape index (κ3) is 5.23. The van der Waals surface area contributed by atoms with Crippen molar-refractivity contribution in [3.05, 3.63) is 53.9 Å². The third-order valence-electron chi connectivity index (χ3n) is 5.35. The van der Waals surface area contributed by atoms with Gasteiger partial charge in [0.1, 0.15) is 5.75 Å². The number of nitrogens with zero attached hydrogens (tertiary/aromatic N) is 3. The SMILES string of the molecule is COc1ccc(C)cc1NC(=O)N1CCC[C@@H](N(C)CCc2ccccn2)C1. The van der Waals surface area contributed by atoms with Gasteiger partial charge in [0.2, 0.25) is 0 Å². The zero-order valence-electron chi connectivity index (χ0n) is 17.0. The van der Waals surface area contributed by atoms with E-state index in [-0.39, 0.29) is 6.03 Å². The summed E-state index contributed by atoms with van der Waals surface area (Å²) in [6, 6.07) is 12.1. The standard InChI is InChI=1S/C22H30N4O2/c1-17-9-10-21(28-3)20(15-17)24-22(27)26-13-6-8-19(16-26)25(2)14-11-18-7-4-5-12-23-18/h4-5,7,9-10,12,15,19H,6,8,11,13-14,16H2,1-3H3,(H,24,27)/t19-/m1/s1. The first-order chi connectivity index (χ1) is 13.6. The van der Waals surface area contributed by atoms with Gasteiger partial charge >= 0.3 is 6.03 Å². The lowest BCUT2D eigenvalue weighted by atomic mass is 10.0. The van der Waals surface area contributed by atoms with E-state index < -0.39 is 0 Å². The maximum Gasteiger partial charge on any atom is 0.322 e. The second-order valence-corrected chi connectivity index (χ2v) is 7.43. The normalized spacial score (nSPS) is 16.9. The lowest BCUT2D eigenvalue weighted by molar-refractivity contribution is 0.133. The fourth-order valence-corrected chi connectivity index (χ4v) is 3.63. The maximum absolute atomic E-state index is 12.8. The topological polar surface area (TPSA) is 57.7 Å². The molecule has 0 spiro atoms. The summed E-state index contributed by atoms with van der Waals surface area (Å²) in [4.78, 5) is 21.5. The number of likely N-dealkylation sites (N-methyl/N-ethyl adjacent to an activating group) is 1. The van der Waals surface area contributed by atoms with Crippen LogP contribution in [0.5, 0.6) is 5.75 Å². The first-order valence-electron chi connectivity index (χ1n) is 9.87. The maximum atomic E-state index is 12.8. The number of hydrogen-bond donors (Lipinski definition) is 1. The van der Waals surface area contributed by atoms with Crippen LogP contribution in [-0.4, -0.2) is 60.6 Å². The van der Waals surface area contributed by atoms with Crippen molar-refractivity contribution in [2.45, 2.75) is 32.2 Å². The van der Waals surface area contributed by atoms with Crippen molar-refractivity contribution in [3.63, 3.8) is 0 Å². The number of pyridine rings is 1. The summed E-state index contributed by atoms with van der Waals surface area (Å²) < 4.78 is 5.37. The molecule has 1 aromatic carbocycles. The number of urea groups is 1. The molecule has 1 saturated heterocycles. The van der Waals surface area contributed by atoms with Crippen LogP contribution in [0.2, 0.25) is 0 Å². The lowest BCUT2D eigenvalue weighted by Crippen LogP contribution is -2.50. The Morgan fingerprint density at radius 3 is 2.96 bits per heavy atom. The summed E-state index contributed by atoms with van der Waals surface area (Å²) >= 11 is 0. The van der Waals surface area contributed by atoms with Crippen LogP contribution >= 0.6 is 0 Å². The number of carbonyl (C=O) groups excluding carboxylic acids is 1. The number of likely N-dealkylation sites (tertiary alicyclic amines) is 1. The molecule has 2 amide bonds. The average molecular weight is 383 g/mol. The minimum atomic E-state index is -0.0632. The van der Waals surface area contributed by atoms with E-state index in [4.69, 9.17) is 4.74 Å². The Morgan fingerprint density at radius 1 is 1.36 bits per heavy atom. The molecule has 28 heavy (non-hydrogen) atoms. The Labute approximate surface area is 167 Å². The van der Waals surface area contributed by atoms with Gasteiger partial charge in [-0.1, -0.05) is 12.1 Å². The van der Waals surface area contributed by atoms with Crippen LogP contribution in [0, 0.1) is 6.92 Å². The molecule has 1 N–H and O–H groups in total. The quantitative estimate of drug-likeness (QED) is 0.830. The highest BCUT2D eigenvalue weighted by Crippen LogP contribution is 2.26. The van der Waals surface area contributed by atoms with Crippen LogP contribution in [0.1, 0.15) is 24.1 Å². The number of amides is 2. The summed E-state index contributed by atoms with van der Waals surface area (Å²) in [6.45, 7) is 4.45. The zero-order chi connectivity index (χ0) is 19.9. The van der Waals surface area contributed by atoms with E-state index in [1.165, 1.54) is 0 Å². The van der Waals surface area contributed by atoms with Crippen molar-refractivity contribution in [3.8, 4) is 5.75 Å². The van der Waals surface area contributed by atoms with E-state index in [2.05, 4.69) is 28.3 Å². The predicted molar refractivity (Wildman–Crippen MR) is 112 cm³/mol. The Kier molecular flexibility index (Phi) is 6.87. The molecule has 1 atom stereocenters. The van der Waals surface area contributed by atoms with Gasteiger partial charge in [0.25, 0.3) is 0 Å². The molecule has 0 unspecified atom stereocenters. The molecule has 1 aliphatic heterocycles. The number of rotatable bonds is 6. The van der Waals surface area contributed by atoms with Crippen molar-refractivity contribution in [2.75, 3.05) is 39.1 Å².